The summed E-state index contributed by atoms with van der Waals surface area (Å²) in [5.41, 5.74) is 7.71. The number of hydrogen-bond acceptors (Lipinski definition) is 3. The average Bonchev–Trinajstić information content (AvgIpc) is 3.11. The molecule has 3 heteroatoms. The van der Waals surface area contributed by atoms with Crippen molar-refractivity contribution in [2.75, 3.05) is 32.8 Å². The van der Waals surface area contributed by atoms with Crippen LogP contribution in [0, 0.1) is 0 Å². The van der Waals surface area contributed by atoms with Gasteiger partial charge in [0.2, 0.25) is 0 Å². The summed E-state index contributed by atoms with van der Waals surface area (Å²) in [5, 5.41) is 1.20. The van der Waals surface area contributed by atoms with E-state index in [1.54, 1.807) is 0 Å². The molecule has 0 bridgehead atoms. The molecule has 0 unspecified atom stereocenters. The Morgan fingerprint density at radius 3 is 2.61 bits per heavy atom. The summed E-state index contributed by atoms with van der Waals surface area (Å²) >= 11 is 0. The molecular formula is C25H24N2O. The maximum atomic E-state index is 5.48. The summed E-state index contributed by atoms with van der Waals surface area (Å²) in [6.07, 6.45) is 7.66. The van der Waals surface area contributed by atoms with E-state index in [1.807, 2.05) is 12.3 Å². The normalized spacial score (nSPS) is 18.4. The molecule has 0 saturated carbocycles. The summed E-state index contributed by atoms with van der Waals surface area (Å²) in [6, 6.07) is 19.2. The third-order valence-corrected chi connectivity index (χ3v) is 5.71. The summed E-state index contributed by atoms with van der Waals surface area (Å²) in [5.74, 6) is 0. The van der Waals surface area contributed by atoms with Crippen molar-refractivity contribution < 1.29 is 4.74 Å². The van der Waals surface area contributed by atoms with Crippen LogP contribution in [-0.2, 0) is 4.74 Å². The van der Waals surface area contributed by atoms with E-state index < -0.39 is 0 Å². The first-order valence-corrected chi connectivity index (χ1v) is 10.0. The molecule has 140 valence electrons. The maximum absolute atomic E-state index is 5.48. The minimum atomic E-state index is 0.857. The van der Waals surface area contributed by atoms with Crippen LogP contribution < -0.4 is 0 Å². The van der Waals surface area contributed by atoms with Crippen LogP contribution in [-0.4, -0.2) is 42.7 Å². The van der Waals surface area contributed by atoms with Crippen molar-refractivity contribution in [3.05, 3.63) is 83.6 Å². The smallest absolute Gasteiger partial charge is 0.0707 e. The molecule has 0 atom stereocenters. The van der Waals surface area contributed by atoms with Crippen molar-refractivity contribution in [3.8, 4) is 0 Å². The van der Waals surface area contributed by atoms with Gasteiger partial charge in [-0.2, -0.15) is 0 Å². The zero-order valence-electron chi connectivity index (χ0n) is 16.0. The number of fused-ring (bicyclic) bond motifs is 2. The lowest BCUT2D eigenvalue weighted by Crippen LogP contribution is -2.36. The largest absolute Gasteiger partial charge is 0.379 e. The standard InChI is InChI=1S/C25H24N2O/c1-2-6-23-21(17-19-9-11-26-25-8-4-3-7-24(19)25)18-20(22(23)5-1)10-12-27-13-15-28-16-14-27/h1-9,11,17-18H,10,12-16H2. The topological polar surface area (TPSA) is 25.4 Å². The fourth-order valence-corrected chi connectivity index (χ4v) is 4.20. The van der Waals surface area contributed by atoms with E-state index in [-0.39, 0.29) is 0 Å². The van der Waals surface area contributed by atoms with Crippen molar-refractivity contribution in [1.29, 1.82) is 0 Å². The van der Waals surface area contributed by atoms with Gasteiger partial charge in [0.1, 0.15) is 0 Å². The van der Waals surface area contributed by atoms with Gasteiger partial charge in [-0.15, -0.1) is 0 Å². The Labute approximate surface area is 166 Å². The van der Waals surface area contributed by atoms with Gasteiger partial charge in [-0.3, -0.25) is 9.88 Å². The molecule has 3 aromatic rings. The fourth-order valence-electron chi connectivity index (χ4n) is 4.20. The Morgan fingerprint density at radius 1 is 0.929 bits per heavy atom. The second-order valence-corrected chi connectivity index (χ2v) is 7.44. The number of benzene rings is 2. The van der Waals surface area contributed by atoms with E-state index in [1.165, 1.54) is 33.2 Å². The molecule has 1 aromatic heterocycles. The number of rotatable bonds is 4. The Kier molecular flexibility index (Phi) is 4.78. The molecule has 0 radical (unpaired) electrons. The number of aromatic nitrogens is 1. The molecule has 1 aliphatic carbocycles. The summed E-state index contributed by atoms with van der Waals surface area (Å²) in [4.78, 5) is 7.00. The zero-order valence-corrected chi connectivity index (χ0v) is 16.0. The highest BCUT2D eigenvalue weighted by Crippen LogP contribution is 2.38. The lowest BCUT2D eigenvalue weighted by molar-refractivity contribution is 0.0390. The monoisotopic (exact) mass is 368 g/mol. The van der Waals surface area contributed by atoms with Crippen molar-refractivity contribution in [3.63, 3.8) is 0 Å². The van der Waals surface area contributed by atoms with E-state index in [0.717, 1.165) is 44.8 Å². The van der Waals surface area contributed by atoms with E-state index in [9.17, 15) is 0 Å². The van der Waals surface area contributed by atoms with Crippen LogP contribution in [0.1, 0.15) is 23.1 Å². The predicted octanol–water partition coefficient (Wildman–Crippen LogP) is 4.89. The van der Waals surface area contributed by atoms with Crippen LogP contribution in [0.15, 0.2) is 66.9 Å². The Hall–Kier alpha value is -2.75. The number of allylic oxidation sites excluding steroid dienone is 2. The van der Waals surface area contributed by atoms with E-state index in [4.69, 9.17) is 4.74 Å². The average molecular weight is 368 g/mol. The third kappa shape index (κ3) is 3.39. The number of pyridine rings is 1. The molecular weight excluding hydrogens is 344 g/mol. The first-order valence-electron chi connectivity index (χ1n) is 10.0. The minimum Gasteiger partial charge on any atom is -0.379 e. The highest BCUT2D eigenvalue weighted by atomic mass is 16.5. The molecule has 2 aromatic carbocycles. The molecule has 0 amide bonds. The molecule has 1 saturated heterocycles. The van der Waals surface area contributed by atoms with Gasteiger partial charge in [0, 0.05) is 31.2 Å². The summed E-state index contributed by atoms with van der Waals surface area (Å²) in [7, 11) is 0. The van der Waals surface area contributed by atoms with Crippen LogP contribution in [0.5, 0.6) is 0 Å². The van der Waals surface area contributed by atoms with Gasteiger partial charge in [0.05, 0.1) is 18.7 Å². The van der Waals surface area contributed by atoms with Crippen molar-refractivity contribution in [1.82, 2.24) is 9.88 Å². The van der Waals surface area contributed by atoms with E-state index >= 15 is 0 Å². The Bertz CT molecular complexity index is 1060. The van der Waals surface area contributed by atoms with Gasteiger partial charge in [0.15, 0.2) is 0 Å². The molecule has 0 N–H and O–H groups in total. The maximum Gasteiger partial charge on any atom is 0.0707 e. The third-order valence-electron chi connectivity index (χ3n) is 5.71. The van der Waals surface area contributed by atoms with E-state index in [0.29, 0.717) is 0 Å². The minimum absolute atomic E-state index is 0.857. The fraction of sp³-hybridized carbons (Fsp3) is 0.240. The lowest BCUT2D eigenvalue weighted by atomic mass is 10.0. The molecule has 1 fully saturated rings. The lowest BCUT2D eigenvalue weighted by Gasteiger charge is -2.26. The summed E-state index contributed by atoms with van der Waals surface area (Å²) < 4.78 is 5.48. The van der Waals surface area contributed by atoms with Crippen LogP contribution in [0.4, 0.5) is 0 Å². The second-order valence-electron chi connectivity index (χ2n) is 7.44. The summed E-state index contributed by atoms with van der Waals surface area (Å²) in [6.45, 7) is 4.89. The quantitative estimate of drug-likeness (QED) is 0.655. The molecule has 3 nitrogen and oxygen atoms in total. The van der Waals surface area contributed by atoms with Crippen LogP contribution >= 0.6 is 0 Å². The predicted molar refractivity (Wildman–Crippen MR) is 116 cm³/mol. The highest BCUT2D eigenvalue weighted by Gasteiger charge is 2.19. The van der Waals surface area contributed by atoms with Crippen LogP contribution in [0.3, 0.4) is 0 Å². The van der Waals surface area contributed by atoms with E-state index in [2.05, 4.69) is 70.6 Å². The highest BCUT2D eigenvalue weighted by molar-refractivity contribution is 6.04. The van der Waals surface area contributed by atoms with Gasteiger partial charge in [0.25, 0.3) is 0 Å². The molecule has 5 rings (SSSR count). The zero-order chi connectivity index (χ0) is 18.8. The van der Waals surface area contributed by atoms with Crippen LogP contribution in [0.25, 0.3) is 28.1 Å². The number of ether oxygens (including phenoxy) is 1. The number of para-hydroxylation sites is 1. The Balaban J connectivity index is 1.48. The molecule has 2 heterocycles. The number of morpholine rings is 1. The first kappa shape index (κ1) is 17.4. The van der Waals surface area contributed by atoms with Gasteiger partial charge in [-0.25, -0.2) is 0 Å². The molecule has 28 heavy (non-hydrogen) atoms. The second kappa shape index (κ2) is 7.70. The van der Waals surface area contributed by atoms with Crippen molar-refractivity contribution in [2.45, 2.75) is 6.42 Å². The van der Waals surface area contributed by atoms with Crippen LogP contribution in [0.2, 0.25) is 0 Å². The van der Waals surface area contributed by atoms with Gasteiger partial charge < -0.3 is 4.74 Å². The number of nitrogens with zero attached hydrogens (tertiary/aromatic N) is 2. The first-order chi connectivity index (χ1) is 13.9. The van der Waals surface area contributed by atoms with Gasteiger partial charge in [-0.05, 0) is 52.5 Å². The van der Waals surface area contributed by atoms with Gasteiger partial charge in [-0.1, -0.05) is 48.5 Å². The SMILES string of the molecule is C(=C1C=C(CCN2CCOCC2)c2ccccc21)c1ccnc2ccccc12. The molecule has 1 aliphatic heterocycles. The number of hydrogen-bond donors (Lipinski definition) is 0. The van der Waals surface area contributed by atoms with Gasteiger partial charge >= 0.3 is 0 Å². The molecule has 2 aliphatic rings. The Morgan fingerprint density at radius 2 is 1.71 bits per heavy atom. The van der Waals surface area contributed by atoms with Crippen molar-refractivity contribution >= 4 is 28.1 Å². The molecule has 0 spiro atoms. The van der Waals surface area contributed by atoms with Crippen molar-refractivity contribution in [2.24, 2.45) is 0 Å².